The summed E-state index contributed by atoms with van der Waals surface area (Å²) >= 11 is 0. The van der Waals surface area contributed by atoms with Crippen LogP contribution in [0.1, 0.15) is 26.7 Å². The number of anilines is 1. The molecule has 2 rings (SSSR count). The molecule has 0 atom stereocenters. The zero-order chi connectivity index (χ0) is 15.1. The van der Waals surface area contributed by atoms with Gasteiger partial charge in [-0.05, 0) is 56.3 Å². The lowest BCUT2D eigenvalue weighted by Gasteiger charge is -2.10. The molecule has 1 aromatic carbocycles. The van der Waals surface area contributed by atoms with Gasteiger partial charge < -0.3 is 14.8 Å². The van der Waals surface area contributed by atoms with E-state index in [1.165, 1.54) is 0 Å². The van der Waals surface area contributed by atoms with Crippen LogP contribution in [0.2, 0.25) is 0 Å². The SMILES string of the molecule is COc1ccc2c(NCCCCOC(C)C)nccc2c1. The number of fused-ring (bicyclic) bond motifs is 1. The highest BCUT2D eigenvalue weighted by Gasteiger charge is 2.03. The maximum Gasteiger partial charge on any atom is 0.133 e. The number of unbranched alkanes of at least 4 members (excludes halogenated alkanes) is 1. The number of hydrogen-bond acceptors (Lipinski definition) is 4. The third-order valence-electron chi connectivity index (χ3n) is 3.29. The number of aromatic nitrogens is 1. The van der Waals surface area contributed by atoms with E-state index in [9.17, 15) is 0 Å². The number of benzene rings is 1. The van der Waals surface area contributed by atoms with E-state index >= 15 is 0 Å². The molecule has 0 bridgehead atoms. The molecule has 0 aliphatic rings. The molecule has 0 spiro atoms. The molecule has 0 radical (unpaired) electrons. The van der Waals surface area contributed by atoms with Crippen LogP contribution >= 0.6 is 0 Å². The number of pyridine rings is 1. The van der Waals surface area contributed by atoms with Gasteiger partial charge in [0.25, 0.3) is 0 Å². The van der Waals surface area contributed by atoms with Crippen LogP contribution in [0.4, 0.5) is 5.82 Å². The molecular formula is C17H24N2O2. The van der Waals surface area contributed by atoms with E-state index in [4.69, 9.17) is 9.47 Å². The largest absolute Gasteiger partial charge is 0.497 e. The minimum atomic E-state index is 0.313. The molecule has 4 nitrogen and oxygen atoms in total. The van der Waals surface area contributed by atoms with Gasteiger partial charge in [-0.15, -0.1) is 0 Å². The number of ether oxygens (including phenoxy) is 2. The molecule has 0 amide bonds. The third kappa shape index (κ3) is 4.60. The Morgan fingerprint density at radius 2 is 2.05 bits per heavy atom. The molecule has 0 saturated heterocycles. The lowest BCUT2D eigenvalue weighted by molar-refractivity contribution is 0.0765. The summed E-state index contributed by atoms with van der Waals surface area (Å²) in [6.07, 6.45) is 4.27. The van der Waals surface area contributed by atoms with E-state index in [-0.39, 0.29) is 0 Å². The smallest absolute Gasteiger partial charge is 0.133 e. The van der Waals surface area contributed by atoms with E-state index in [1.54, 1.807) is 7.11 Å². The van der Waals surface area contributed by atoms with Gasteiger partial charge in [0, 0.05) is 24.7 Å². The molecule has 0 unspecified atom stereocenters. The van der Waals surface area contributed by atoms with Gasteiger partial charge in [-0.3, -0.25) is 0 Å². The van der Waals surface area contributed by atoms with Crippen molar-refractivity contribution in [1.82, 2.24) is 4.98 Å². The minimum Gasteiger partial charge on any atom is -0.497 e. The lowest BCUT2D eigenvalue weighted by Crippen LogP contribution is -2.07. The molecule has 1 heterocycles. The van der Waals surface area contributed by atoms with Crippen molar-refractivity contribution in [1.29, 1.82) is 0 Å². The summed E-state index contributed by atoms with van der Waals surface area (Å²) in [6, 6.07) is 8.04. The quantitative estimate of drug-likeness (QED) is 0.749. The van der Waals surface area contributed by atoms with Crippen LogP contribution in [0, 0.1) is 0 Å². The Balaban J connectivity index is 1.90. The summed E-state index contributed by atoms with van der Waals surface area (Å²) in [4.78, 5) is 4.43. The number of nitrogens with one attached hydrogen (secondary N) is 1. The Bertz CT molecular complexity index is 570. The molecule has 114 valence electrons. The van der Waals surface area contributed by atoms with Crippen LogP contribution in [-0.2, 0) is 4.74 Å². The first kappa shape index (κ1) is 15.6. The Morgan fingerprint density at radius 3 is 2.81 bits per heavy atom. The Morgan fingerprint density at radius 1 is 1.19 bits per heavy atom. The van der Waals surface area contributed by atoms with E-state index in [1.807, 2.05) is 30.5 Å². The van der Waals surface area contributed by atoms with Gasteiger partial charge in [0.1, 0.15) is 11.6 Å². The molecular weight excluding hydrogens is 264 g/mol. The first-order valence-electron chi connectivity index (χ1n) is 7.49. The standard InChI is InChI=1S/C17H24N2O2/c1-13(2)21-11-5-4-9-18-17-16-7-6-15(20-3)12-14(16)8-10-19-17/h6-8,10,12-13H,4-5,9,11H2,1-3H3,(H,18,19). The fourth-order valence-electron chi connectivity index (χ4n) is 2.18. The number of nitrogens with zero attached hydrogens (tertiary/aromatic N) is 1. The summed E-state index contributed by atoms with van der Waals surface area (Å²) < 4.78 is 10.8. The molecule has 1 aromatic heterocycles. The Labute approximate surface area is 126 Å². The average Bonchev–Trinajstić information content (AvgIpc) is 2.49. The van der Waals surface area contributed by atoms with Gasteiger partial charge in [0.2, 0.25) is 0 Å². The number of methoxy groups -OCH3 is 1. The van der Waals surface area contributed by atoms with Crippen LogP contribution in [-0.4, -0.2) is 31.3 Å². The molecule has 2 aromatic rings. The molecule has 4 heteroatoms. The third-order valence-corrected chi connectivity index (χ3v) is 3.29. The van der Waals surface area contributed by atoms with Crippen molar-refractivity contribution in [2.45, 2.75) is 32.8 Å². The maximum absolute atomic E-state index is 5.53. The van der Waals surface area contributed by atoms with Crippen molar-refractivity contribution in [3.8, 4) is 5.75 Å². The zero-order valence-corrected chi connectivity index (χ0v) is 13.1. The Kier molecular flexibility index (Phi) is 5.81. The highest BCUT2D eigenvalue weighted by atomic mass is 16.5. The van der Waals surface area contributed by atoms with Gasteiger partial charge >= 0.3 is 0 Å². The number of rotatable bonds is 8. The highest BCUT2D eigenvalue weighted by molar-refractivity contribution is 5.92. The first-order valence-corrected chi connectivity index (χ1v) is 7.49. The van der Waals surface area contributed by atoms with Gasteiger partial charge in [0.15, 0.2) is 0 Å². The van der Waals surface area contributed by atoms with E-state index < -0.39 is 0 Å². The van der Waals surface area contributed by atoms with Crippen molar-refractivity contribution in [3.63, 3.8) is 0 Å². The normalized spacial score (nSPS) is 11.0. The van der Waals surface area contributed by atoms with Crippen molar-refractivity contribution < 1.29 is 9.47 Å². The maximum atomic E-state index is 5.53. The minimum absolute atomic E-state index is 0.313. The summed E-state index contributed by atoms with van der Waals surface area (Å²) in [5.41, 5.74) is 0. The van der Waals surface area contributed by atoms with Crippen LogP contribution in [0.3, 0.4) is 0 Å². The van der Waals surface area contributed by atoms with Gasteiger partial charge in [-0.1, -0.05) is 0 Å². The van der Waals surface area contributed by atoms with Crippen LogP contribution < -0.4 is 10.1 Å². The predicted molar refractivity (Wildman–Crippen MR) is 87.1 cm³/mol. The topological polar surface area (TPSA) is 43.4 Å². The predicted octanol–water partition coefficient (Wildman–Crippen LogP) is 3.86. The molecule has 21 heavy (non-hydrogen) atoms. The van der Waals surface area contributed by atoms with Gasteiger partial charge in [-0.25, -0.2) is 4.98 Å². The second-order valence-corrected chi connectivity index (χ2v) is 5.30. The van der Waals surface area contributed by atoms with Gasteiger partial charge in [-0.2, -0.15) is 0 Å². The van der Waals surface area contributed by atoms with Gasteiger partial charge in [0.05, 0.1) is 13.2 Å². The van der Waals surface area contributed by atoms with Crippen LogP contribution in [0.25, 0.3) is 10.8 Å². The van der Waals surface area contributed by atoms with Crippen molar-refractivity contribution in [3.05, 3.63) is 30.5 Å². The Hall–Kier alpha value is -1.81. The molecule has 0 saturated carbocycles. The van der Waals surface area contributed by atoms with Crippen molar-refractivity contribution in [2.24, 2.45) is 0 Å². The van der Waals surface area contributed by atoms with Crippen LogP contribution in [0.15, 0.2) is 30.5 Å². The van der Waals surface area contributed by atoms with Crippen LogP contribution in [0.5, 0.6) is 5.75 Å². The second-order valence-electron chi connectivity index (χ2n) is 5.30. The fraction of sp³-hybridized carbons (Fsp3) is 0.471. The van der Waals surface area contributed by atoms with Crippen molar-refractivity contribution in [2.75, 3.05) is 25.6 Å². The molecule has 1 N–H and O–H groups in total. The summed E-state index contributed by atoms with van der Waals surface area (Å²) in [5, 5.41) is 5.66. The monoisotopic (exact) mass is 288 g/mol. The molecule has 0 fully saturated rings. The second kappa shape index (κ2) is 7.84. The molecule has 0 aliphatic carbocycles. The fourth-order valence-corrected chi connectivity index (χ4v) is 2.18. The molecule has 0 aliphatic heterocycles. The zero-order valence-electron chi connectivity index (χ0n) is 13.1. The first-order chi connectivity index (χ1) is 10.2. The summed E-state index contributed by atoms with van der Waals surface area (Å²) in [5.74, 6) is 1.80. The van der Waals surface area contributed by atoms with E-state index in [0.29, 0.717) is 6.10 Å². The number of hydrogen-bond donors (Lipinski definition) is 1. The van der Waals surface area contributed by atoms with Crippen molar-refractivity contribution >= 4 is 16.6 Å². The van der Waals surface area contributed by atoms with E-state index in [2.05, 4.69) is 24.1 Å². The highest BCUT2D eigenvalue weighted by Crippen LogP contribution is 2.25. The van der Waals surface area contributed by atoms with E-state index in [0.717, 1.165) is 48.3 Å². The lowest BCUT2D eigenvalue weighted by atomic mass is 10.1. The average molecular weight is 288 g/mol. The summed E-state index contributed by atoms with van der Waals surface area (Å²) in [7, 11) is 1.68. The summed E-state index contributed by atoms with van der Waals surface area (Å²) in [6.45, 7) is 5.85.